The molecule has 2 aromatic carbocycles. The van der Waals surface area contributed by atoms with Gasteiger partial charge in [0.05, 0.1) is 7.11 Å². The van der Waals surface area contributed by atoms with Gasteiger partial charge in [0.2, 0.25) is 5.78 Å². The number of hydrogen-bond acceptors (Lipinski definition) is 7. The van der Waals surface area contributed by atoms with Gasteiger partial charge >= 0.3 is 6.03 Å². The molecule has 9 nitrogen and oxygen atoms in total. The number of amides is 2. The summed E-state index contributed by atoms with van der Waals surface area (Å²) in [6.07, 6.45) is 4.63. The minimum absolute atomic E-state index is 0.0710. The minimum Gasteiger partial charge on any atom is -0.497 e. The van der Waals surface area contributed by atoms with Crippen LogP contribution >= 0.6 is 0 Å². The number of urea groups is 1. The molecule has 0 saturated carbocycles. The molecule has 1 N–H and O–H groups in total. The zero-order valence-corrected chi connectivity index (χ0v) is 21.3. The van der Waals surface area contributed by atoms with Crippen LogP contribution in [-0.4, -0.2) is 65.3 Å². The number of carbonyl (C=O) groups excluding carboxylic acids is 3. The molecule has 0 unspecified atom stereocenters. The van der Waals surface area contributed by atoms with Gasteiger partial charge in [-0.25, -0.2) is 14.8 Å². The number of nitrogens with one attached hydrogen (secondary N) is 1. The topological polar surface area (TPSA) is 105 Å². The van der Waals surface area contributed by atoms with Crippen molar-refractivity contribution in [1.29, 1.82) is 0 Å². The van der Waals surface area contributed by atoms with Crippen LogP contribution in [0.3, 0.4) is 0 Å². The van der Waals surface area contributed by atoms with Crippen LogP contribution in [0.15, 0.2) is 48.8 Å². The summed E-state index contributed by atoms with van der Waals surface area (Å²) < 4.78 is 5.34. The van der Waals surface area contributed by atoms with Gasteiger partial charge in [0.15, 0.2) is 0 Å². The van der Waals surface area contributed by atoms with E-state index in [4.69, 9.17) is 4.74 Å². The van der Waals surface area contributed by atoms with E-state index in [0.717, 1.165) is 60.5 Å². The first-order valence-electron chi connectivity index (χ1n) is 13.0. The molecule has 1 fully saturated rings. The Labute approximate surface area is 220 Å². The molecule has 9 heteroatoms. The van der Waals surface area contributed by atoms with E-state index >= 15 is 0 Å². The van der Waals surface area contributed by atoms with Crippen molar-refractivity contribution in [2.45, 2.75) is 38.1 Å². The second-order valence-corrected chi connectivity index (χ2v) is 10.1. The first kappa shape index (κ1) is 24.1. The van der Waals surface area contributed by atoms with Gasteiger partial charge < -0.3 is 19.9 Å². The summed E-state index contributed by atoms with van der Waals surface area (Å²) in [7, 11) is 1.64. The number of Topliss-reactive ketones (excluding diaryl/α,β-unsaturated/α-hetero) is 1. The number of piperidine rings is 1. The molecular weight excluding hydrogens is 482 g/mol. The Balaban J connectivity index is 1.11. The molecule has 194 valence electrons. The van der Waals surface area contributed by atoms with E-state index in [2.05, 4.69) is 20.2 Å². The van der Waals surface area contributed by atoms with E-state index in [1.54, 1.807) is 19.2 Å². The predicted molar refractivity (Wildman–Crippen MR) is 142 cm³/mol. The molecule has 2 amide bonds. The Bertz CT molecular complexity index is 1430. The Morgan fingerprint density at radius 3 is 2.58 bits per heavy atom. The number of methoxy groups -OCH3 is 1. The molecule has 3 aliphatic rings. The van der Waals surface area contributed by atoms with Crippen molar-refractivity contribution in [3.63, 3.8) is 0 Å². The van der Waals surface area contributed by atoms with Crippen molar-refractivity contribution in [3.8, 4) is 5.75 Å². The number of ketones is 2. The fourth-order valence-corrected chi connectivity index (χ4v) is 5.69. The van der Waals surface area contributed by atoms with Gasteiger partial charge in [0.25, 0.3) is 0 Å². The highest BCUT2D eigenvalue weighted by Crippen LogP contribution is 2.29. The van der Waals surface area contributed by atoms with Crippen molar-refractivity contribution >= 4 is 29.1 Å². The number of nitrogens with zero attached hydrogens (tertiary/aromatic N) is 4. The van der Waals surface area contributed by atoms with E-state index < -0.39 is 0 Å². The smallest absolute Gasteiger partial charge is 0.322 e. The Morgan fingerprint density at radius 2 is 1.76 bits per heavy atom. The SMILES string of the molecule is COc1ccc2c(c1)CCN(C1CCN(c3cc(C(=O)c4ccc5c(c4)CC(=O)C5)ncn3)CC1)C(=O)N2. The monoisotopic (exact) mass is 511 g/mol. The van der Waals surface area contributed by atoms with E-state index in [1.165, 1.54) is 6.33 Å². The van der Waals surface area contributed by atoms with E-state index in [0.29, 0.717) is 36.5 Å². The maximum absolute atomic E-state index is 13.2. The van der Waals surface area contributed by atoms with E-state index in [1.807, 2.05) is 35.2 Å². The second-order valence-electron chi connectivity index (χ2n) is 10.1. The zero-order valence-electron chi connectivity index (χ0n) is 21.3. The molecule has 0 bridgehead atoms. The van der Waals surface area contributed by atoms with Crippen LogP contribution in [0.5, 0.6) is 5.75 Å². The summed E-state index contributed by atoms with van der Waals surface area (Å²) in [5.41, 5.74) is 4.71. The van der Waals surface area contributed by atoms with Crippen LogP contribution in [-0.2, 0) is 24.1 Å². The maximum atomic E-state index is 13.2. The molecule has 0 radical (unpaired) electrons. The highest BCUT2D eigenvalue weighted by atomic mass is 16.5. The van der Waals surface area contributed by atoms with Gasteiger partial charge in [-0.05, 0) is 60.2 Å². The molecule has 38 heavy (non-hydrogen) atoms. The quantitative estimate of drug-likeness (QED) is 0.523. The number of ether oxygens (including phenoxy) is 1. The second kappa shape index (κ2) is 9.89. The van der Waals surface area contributed by atoms with E-state index in [9.17, 15) is 14.4 Å². The van der Waals surface area contributed by atoms with Crippen molar-refractivity contribution in [2.75, 3.05) is 37.0 Å². The number of aromatic nitrogens is 2. The van der Waals surface area contributed by atoms with Gasteiger partial charge in [0.1, 0.15) is 29.4 Å². The Kier molecular flexibility index (Phi) is 6.27. The van der Waals surface area contributed by atoms with Crippen molar-refractivity contribution < 1.29 is 19.1 Å². The number of hydrogen-bond donors (Lipinski definition) is 1. The fraction of sp³-hybridized carbons (Fsp3) is 0.345. The lowest BCUT2D eigenvalue weighted by Gasteiger charge is -2.38. The minimum atomic E-state index is -0.178. The third-order valence-electron chi connectivity index (χ3n) is 7.80. The predicted octanol–water partition coefficient (Wildman–Crippen LogP) is 3.44. The lowest BCUT2D eigenvalue weighted by atomic mass is 10.0. The van der Waals surface area contributed by atoms with Gasteiger partial charge in [-0.1, -0.05) is 12.1 Å². The molecule has 2 aliphatic heterocycles. The molecule has 0 spiro atoms. The molecule has 0 atom stereocenters. The first-order chi connectivity index (χ1) is 18.5. The maximum Gasteiger partial charge on any atom is 0.322 e. The van der Waals surface area contributed by atoms with Gasteiger partial charge in [-0.2, -0.15) is 0 Å². The van der Waals surface area contributed by atoms with E-state index in [-0.39, 0.29) is 23.6 Å². The summed E-state index contributed by atoms with van der Waals surface area (Å²) in [6.45, 7) is 2.09. The molecule has 1 saturated heterocycles. The summed E-state index contributed by atoms with van der Waals surface area (Å²) in [5, 5.41) is 3.06. The normalized spacial score (nSPS) is 17.5. The molecular formula is C29H29N5O4. The zero-order chi connectivity index (χ0) is 26.2. The van der Waals surface area contributed by atoms with Crippen LogP contribution in [0.2, 0.25) is 0 Å². The highest BCUT2D eigenvalue weighted by molar-refractivity contribution is 6.08. The molecule has 1 aromatic heterocycles. The molecule has 3 aromatic rings. The summed E-state index contributed by atoms with van der Waals surface area (Å²) >= 11 is 0. The van der Waals surface area contributed by atoms with Crippen LogP contribution < -0.4 is 15.0 Å². The average molecular weight is 512 g/mol. The van der Waals surface area contributed by atoms with Crippen LogP contribution in [0.4, 0.5) is 16.3 Å². The highest BCUT2D eigenvalue weighted by Gasteiger charge is 2.31. The first-order valence-corrected chi connectivity index (χ1v) is 13.0. The molecule has 1 aliphatic carbocycles. The van der Waals surface area contributed by atoms with Gasteiger partial charge in [0, 0.05) is 55.8 Å². The third-order valence-corrected chi connectivity index (χ3v) is 7.80. The van der Waals surface area contributed by atoms with Crippen LogP contribution in [0, 0.1) is 0 Å². The lowest BCUT2D eigenvalue weighted by molar-refractivity contribution is -0.117. The summed E-state index contributed by atoms with van der Waals surface area (Å²) in [4.78, 5) is 50.7. The number of rotatable bonds is 5. The number of fused-ring (bicyclic) bond motifs is 2. The third kappa shape index (κ3) is 4.60. The lowest BCUT2D eigenvalue weighted by Crippen LogP contribution is -2.49. The van der Waals surface area contributed by atoms with Crippen molar-refractivity contribution in [3.05, 3.63) is 76.7 Å². The molecule has 6 rings (SSSR count). The van der Waals surface area contributed by atoms with Crippen LogP contribution in [0.25, 0.3) is 0 Å². The number of carbonyl (C=O) groups is 3. The van der Waals surface area contributed by atoms with Crippen LogP contribution in [0.1, 0.15) is 45.6 Å². The average Bonchev–Trinajstić information content (AvgIpc) is 3.24. The standard InChI is InChI=1S/C29H29N5O4/c1-38-24-4-5-25-19(15-24)6-11-34(29(37)32-25)22-7-9-33(10-8-22)27-16-26(30-17-31-27)28(36)20-3-2-18-13-23(35)14-21(18)12-20/h2-5,12,15-17,22H,6-11,13-14H2,1H3,(H,32,37). The number of benzene rings is 2. The summed E-state index contributed by atoms with van der Waals surface area (Å²) in [6, 6.07) is 13.0. The number of anilines is 2. The van der Waals surface area contributed by atoms with Crippen molar-refractivity contribution in [2.24, 2.45) is 0 Å². The van der Waals surface area contributed by atoms with Gasteiger partial charge in [-0.15, -0.1) is 0 Å². The Hall–Kier alpha value is -4.27. The van der Waals surface area contributed by atoms with Crippen molar-refractivity contribution in [1.82, 2.24) is 14.9 Å². The molecule has 3 heterocycles. The fourth-order valence-electron chi connectivity index (χ4n) is 5.69. The summed E-state index contributed by atoms with van der Waals surface area (Å²) in [5.74, 6) is 1.49. The largest absolute Gasteiger partial charge is 0.497 e. The van der Waals surface area contributed by atoms with Gasteiger partial charge in [-0.3, -0.25) is 9.59 Å². The Morgan fingerprint density at radius 1 is 0.947 bits per heavy atom.